The lowest BCUT2D eigenvalue weighted by Gasteiger charge is -2.59. The lowest BCUT2D eigenvalue weighted by molar-refractivity contribution is -0.0727. The molecule has 0 radical (unpaired) electrons. The molecule has 1 aromatic carbocycles. The van der Waals surface area contributed by atoms with Gasteiger partial charge in [0, 0.05) is 24.7 Å². The summed E-state index contributed by atoms with van der Waals surface area (Å²) in [5.41, 5.74) is 0.661. The van der Waals surface area contributed by atoms with Gasteiger partial charge in [0.1, 0.15) is 0 Å². The number of amides is 1. The molecule has 4 saturated carbocycles. The molecular formula is C24H34N2O4S. The molecule has 170 valence electrons. The maximum Gasteiger partial charge on any atom is 0.251 e. The monoisotopic (exact) mass is 446 g/mol. The van der Waals surface area contributed by atoms with Gasteiger partial charge in [-0.2, -0.15) is 4.31 Å². The number of hydrogen-bond donors (Lipinski definition) is 1. The van der Waals surface area contributed by atoms with E-state index in [4.69, 9.17) is 4.74 Å². The van der Waals surface area contributed by atoms with E-state index >= 15 is 0 Å². The van der Waals surface area contributed by atoms with Gasteiger partial charge in [0.15, 0.2) is 0 Å². The average molecular weight is 447 g/mol. The van der Waals surface area contributed by atoms with Crippen LogP contribution in [0.5, 0.6) is 0 Å². The Morgan fingerprint density at radius 2 is 1.74 bits per heavy atom. The molecule has 5 aliphatic rings. The predicted molar refractivity (Wildman–Crippen MR) is 118 cm³/mol. The molecule has 1 heterocycles. The van der Waals surface area contributed by atoms with Crippen molar-refractivity contribution in [2.75, 3.05) is 26.3 Å². The summed E-state index contributed by atoms with van der Waals surface area (Å²) in [4.78, 5) is 13.4. The van der Waals surface area contributed by atoms with Gasteiger partial charge >= 0.3 is 0 Å². The Kier molecular flexibility index (Phi) is 5.64. The average Bonchev–Trinajstić information content (AvgIpc) is 2.77. The van der Waals surface area contributed by atoms with E-state index in [1.807, 2.05) is 0 Å². The molecule has 0 unspecified atom stereocenters. The van der Waals surface area contributed by atoms with Gasteiger partial charge < -0.3 is 10.1 Å². The highest BCUT2D eigenvalue weighted by Gasteiger charge is 2.54. The Labute approximate surface area is 185 Å². The molecule has 1 aliphatic heterocycles. The molecule has 1 atom stereocenters. The summed E-state index contributed by atoms with van der Waals surface area (Å²) < 4.78 is 32.7. The first-order valence-electron chi connectivity index (χ1n) is 11.9. The number of sulfonamides is 1. The van der Waals surface area contributed by atoms with E-state index in [9.17, 15) is 13.2 Å². The first-order chi connectivity index (χ1) is 14.9. The summed E-state index contributed by atoms with van der Waals surface area (Å²) in [6.45, 7) is 3.68. The molecule has 7 heteroatoms. The summed E-state index contributed by atoms with van der Waals surface area (Å²) >= 11 is 0. The lowest BCUT2D eigenvalue weighted by Crippen LogP contribution is -2.56. The smallest absolute Gasteiger partial charge is 0.251 e. The maximum absolute atomic E-state index is 13.2. The van der Waals surface area contributed by atoms with Crippen LogP contribution in [0.2, 0.25) is 0 Å². The van der Waals surface area contributed by atoms with Crippen LogP contribution in [0.3, 0.4) is 0 Å². The largest absolute Gasteiger partial charge is 0.379 e. The third-order valence-corrected chi connectivity index (χ3v) is 10.1. The van der Waals surface area contributed by atoms with Crippen molar-refractivity contribution in [3.63, 3.8) is 0 Å². The van der Waals surface area contributed by atoms with Crippen LogP contribution in [0.4, 0.5) is 0 Å². The lowest BCUT2D eigenvalue weighted by atomic mass is 9.47. The fraction of sp³-hybridized carbons (Fsp3) is 0.708. The molecule has 1 aromatic rings. The van der Waals surface area contributed by atoms with Crippen molar-refractivity contribution in [3.05, 3.63) is 29.8 Å². The molecule has 0 spiro atoms. The Balaban J connectivity index is 1.34. The third kappa shape index (κ3) is 3.93. The highest BCUT2D eigenvalue weighted by molar-refractivity contribution is 7.89. The van der Waals surface area contributed by atoms with E-state index in [2.05, 4.69) is 12.2 Å². The van der Waals surface area contributed by atoms with E-state index in [-0.39, 0.29) is 22.3 Å². The standard InChI is InChI=1S/C24H34N2O4S/c1-2-22(24-14-17-10-18(15-24)12-19(11-17)16-24)25-23(27)20-4-3-5-21(13-20)31(28,29)26-6-8-30-9-7-26/h3-5,13,17-19,22H,2,6-12,14-16H2,1H3,(H,25,27)/t17?,18?,19?,22-,24?/m1/s1. The van der Waals surface area contributed by atoms with E-state index < -0.39 is 10.0 Å². The number of rotatable bonds is 6. The number of morpholine rings is 1. The SMILES string of the molecule is CC[C@@H](NC(=O)c1cccc(S(=O)(=O)N2CCOCC2)c1)C12CC3CC(CC(C3)C1)C2. The Morgan fingerprint density at radius 3 is 2.32 bits per heavy atom. The number of carbonyl (C=O) groups excluding carboxylic acids is 1. The van der Waals surface area contributed by atoms with Gasteiger partial charge in [0.25, 0.3) is 5.91 Å². The van der Waals surface area contributed by atoms with E-state index in [1.54, 1.807) is 18.2 Å². The predicted octanol–water partition coefficient (Wildman–Crippen LogP) is 3.43. The van der Waals surface area contributed by atoms with Gasteiger partial charge in [-0.3, -0.25) is 4.79 Å². The van der Waals surface area contributed by atoms with Crippen molar-refractivity contribution >= 4 is 15.9 Å². The molecule has 31 heavy (non-hydrogen) atoms. The molecule has 5 fully saturated rings. The third-order valence-electron chi connectivity index (χ3n) is 8.24. The number of nitrogens with one attached hydrogen (secondary N) is 1. The minimum Gasteiger partial charge on any atom is -0.379 e. The van der Waals surface area contributed by atoms with Crippen molar-refractivity contribution in [1.29, 1.82) is 0 Å². The van der Waals surface area contributed by atoms with Gasteiger partial charge in [-0.25, -0.2) is 8.42 Å². The maximum atomic E-state index is 13.2. The zero-order chi connectivity index (χ0) is 21.6. The number of hydrogen-bond acceptors (Lipinski definition) is 4. The number of nitrogens with zero attached hydrogens (tertiary/aromatic N) is 1. The minimum atomic E-state index is -3.62. The van der Waals surface area contributed by atoms with Crippen molar-refractivity contribution < 1.29 is 17.9 Å². The molecule has 4 bridgehead atoms. The van der Waals surface area contributed by atoms with E-state index in [0.29, 0.717) is 31.9 Å². The van der Waals surface area contributed by atoms with E-state index in [1.165, 1.54) is 48.9 Å². The number of carbonyl (C=O) groups is 1. The molecule has 0 aromatic heterocycles. The van der Waals surface area contributed by atoms with Gasteiger partial charge in [-0.1, -0.05) is 13.0 Å². The van der Waals surface area contributed by atoms with Crippen LogP contribution >= 0.6 is 0 Å². The van der Waals surface area contributed by atoms with Crippen LogP contribution in [-0.4, -0.2) is 51.0 Å². The molecular weight excluding hydrogens is 412 g/mol. The Morgan fingerprint density at radius 1 is 1.13 bits per heavy atom. The highest BCUT2D eigenvalue weighted by atomic mass is 32.2. The molecule has 1 amide bonds. The second-order valence-electron chi connectivity index (χ2n) is 10.3. The first kappa shape index (κ1) is 21.4. The zero-order valence-corrected chi connectivity index (χ0v) is 19.2. The molecule has 1 N–H and O–H groups in total. The van der Waals surface area contributed by atoms with Crippen LogP contribution < -0.4 is 5.32 Å². The molecule has 1 saturated heterocycles. The first-order valence-corrected chi connectivity index (χ1v) is 13.3. The van der Waals surface area contributed by atoms with Crippen molar-refractivity contribution in [2.24, 2.45) is 23.2 Å². The van der Waals surface area contributed by atoms with Crippen LogP contribution in [0.15, 0.2) is 29.2 Å². The fourth-order valence-corrected chi connectivity index (χ4v) is 8.72. The summed E-state index contributed by atoms with van der Waals surface area (Å²) in [6.07, 6.45) is 8.78. The summed E-state index contributed by atoms with van der Waals surface area (Å²) in [6, 6.07) is 6.67. The minimum absolute atomic E-state index is 0.151. The number of benzene rings is 1. The van der Waals surface area contributed by atoms with Crippen LogP contribution in [-0.2, 0) is 14.8 Å². The van der Waals surface area contributed by atoms with Gasteiger partial charge in [0.2, 0.25) is 10.0 Å². The molecule has 4 aliphatic carbocycles. The quantitative estimate of drug-likeness (QED) is 0.726. The normalized spacial score (nSPS) is 33.9. The van der Waals surface area contributed by atoms with Crippen molar-refractivity contribution in [3.8, 4) is 0 Å². The Bertz CT molecular complexity index is 903. The van der Waals surface area contributed by atoms with Crippen LogP contribution in [0.1, 0.15) is 62.2 Å². The topological polar surface area (TPSA) is 75.7 Å². The van der Waals surface area contributed by atoms with Crippen LogP contribution in [0.25, 0.3) is 0 Å². The van der Waals surface area contributed by atoms with Crippen molar-refractivity contribution in [1.82, 2.24) is 9.62 Å². The summed E-state index contributed by atoms with van der Waals surface area (Å²) in [7, 11) is -3.62. The van der Waals surface area contributed by atoms with E-state index in [0.717, 1.165) is 24.2 Å². The second kappa shape index (κ2) is 8.16. The van der Waals surface area contributed by atoms with Crippen LogP contribution in [0, 0.1) is 23.2 Å². The second-order valence-corrected chi connectivity index (χ2v) is 12.2. The highest BCUT2D eigenvalue weighted by Crippen LogP contribution is 2.61. The van der Waals surface area contributed by atoms with Gasteiger partial charge in [0.05, 0.1) is 18.1 Å². The molecule has 6 nitrogen and oxygen atoms in total. The molecule has 6 rings (SSSR count). The number of ether oxygens (including phenoxy) is 1. The Hall–Kier alpha value is -1.44. The van der Waals surface area contributed by atoms with Gasteiger partial charge in [-0.05, 0) is 86.3 Å². The summed E-state index contributed by atoms with van der Waals surface area (Å²) in [5, 5.41) is 3.33. The van der Waals surface area contributed by atoms with Gasteiger partial charge in [-0.15, -0.1) is 0 Å². The summed E-state index contributed by atoms with van der Waals surface area (Å²) in [5.74, 6) is 2.35. The van der Waals surface area contributed by atoms with Crippen molar-refractivity contribution in [2.45, 2.75) is 62.8 Å². The zero-order valence-electron chi connectivity index (χ0n) is 18.4. The fourth-order valence-electron chi connectivity index (χ4n) is 7.27.